The van der Waals surface area contributed by atoms with Crippen molar-refractivity contribution in [3.63, 3.8) is 0 Å². The van der Waals surface area contributed by atoms with E-state index in [1.807, 2.05) is 18.2 Å². The number of ether oxygens (including phenoxy) is 1. The minimum Gasteiger partial charge on any atom is -0.494 e. The quantitative estimate of drug-likeness (QED) is 0.440. The van der Waals surface area contributed by atoms with E-state index in [0.717, 1.165) is 16.6 Å². The number of hydrazone groups is 1. The van der Waals surface area contributed by atoms with Gasteiger partial charge in [-0.05, 0) is 12.1 Å². The van der Waals surface area contributed by atoms with E-state index in [-0.39, 0.29) is 5.69 Å². The van der Waals surface area contributed by atoms with Crippen molar-refractivity contribution in [1.29, 1.82) is 0 Å². The lowest BCUT2D eigenvalue weighted by Crippen LogP contribution is -1.95. The highest BCUT2D eigenvalue weighted by Crippen LogP contribution is 2.28. The fraction of sp³-hybridized carbons (Fsp3) is 0.0588. The number of hydrogen-bond donors (Lipinski definition) is 1. The topological polar surface area (TPSA) is 89.6 Å². The summed E-state index contributed by atoms with van der Waals surface area (Å²) in [6, 6.07) is 13.7. The molecule has 0 amide bonds. The van der Waals surface area contributed by atoms with Gasteiger partial charge in [-0.1, -0.05) is 24.3 Å². The molecule has 7 nitrogen and oxygen atoms in total. The second-order valence-electron chi connectivity index (χ2n) is 4.94. The van der Waals surface area contributed by atoms with Crippen LogP contribution in [0.25, 0.3) is 10.9 Å². The summed E-state index contributed by atoms with van der Waals surface area (Å²) in [5.74, 6) is 0.679. The number of aromatic nitrogens is 1. The first-order valence-corrected chi connectivity index (χ1v) is 7.14. The van der Waals surface area contributed by atoms with Crippen molar-refractivity contribution in [2.24, 2.45) is 5.10 Å². The van der Waals surface area contributed by atoms with Crippen molar-refractivity contribution in [3.05, 3.63) is 70.4 Å². The molecule has 0 bridgehead atoms. The number of fused-ring (bicyclic) bond motifs is 1. The number of nitrogens with one attached hydrogen (secondary N) is 1. The predicted molar refractivity (Wildman–Crippen MR) is 92.6 cm³/mol. The Morgan fingerprint density at radius 1 is 1.25 bits per heavy atom. The second kappa shape index (κ2) is 6.74. The molecule has 0 saturated carbocycles. The molecule has 120 valence electrons. The van der Waals surface area contributed by atoms with Crippen LogP contribution < -0.4 is 10.2 Å². The molecular formula is C17H14N4O3. The molecule has 1 heterocycles. The van der Waals surface area contributed by atoms with E-state index < -0.39 is 4.92 Å². The molecule has 0 aliphatic rings. The fourth-order valence-corrected chi connectivity index (χ4v) is 2.31. The summed E-state index contributed by atoms with van der Waals surface area (Å²) in [7, 11) is 1.59. The van der Waals surface area contributed by atoms with Crippen LogP contribution in [0.4, 0.5) is 11.4 Å². The third kappa shape index (κ3) is 3.14. The first-order valence-electron chi connectivity index (χ1n) is 7.14. The molecule has 1 aromatic heterocycles. The second-order valence-corrected chi connectivity index (χ2v) is 4.94. The highest BCUT2D eigenvalue weighted by molar-refractivity contribution is 5.95. The molecule has 0 spiro atoms. The Morgan fingerprint density at radius 2 is 2.08 bits per heavy atom. The Morgan fingerprint density at radius 3 is 2.88 bits per heavy atom. The molecule has 1 N–H and O–H groups in total. The summed E-state index contributed by atoms with van der Waals surface area (Å²) in [5, 5.41) is 15.8. The van der Waals surface area contributed by atoms with Crippen molar-refractivity contribution >= 4 is 28.5 Å². The number of rotatable bonds is 5. The minimum absolute atomic E-state index is 0.0260. The molecule has 0 atom stereocenters. The number of para-hydroxylation sites is 1. The number of nitrogens with zero attached hydrogens (tertiary/aromatic N) is 3. The van der Waals surface area contributed by atoms with Gasteiger partial charge in [0.25, 0.3) is 5.69 Å². The Bertz CT molecular complexity index is 925. The average Bonchev–Trinajstić information content (AvgIpc) is 2.61. The molecule has 24 heavy (non-hydrogen) atoms. The Kier molecular flexibility index (Phi) is 4.33. The molecule has 0 radical (unpaired) electrons. The number of benzene rings is 2. The summed E-state index contributed by atoms with van der Waals surface area (Å²) >= 11 is 0. The van der Waals surface area contributed by atoms with Crippen molar-refractivity contribution in [2.45, 2.75) is 0 Å². The van der Waals surface area contributed by atoms with Crippen LogP contribution in [0, 0.1) is 10.1 Å². The molecule has 0 fully saturated rings. The molecule has 0 aliphatic heterocycles. The van der Waals surface area contributed by atoms with E-state index in [1.54, 1.807) is 31.5 Å². The van der Waals surface area contributed by atoms with Crippen LogP contribution in [0.3, 0.4) is 0 Å². The summed E-state index contributed by atoms with van der Waals surface area (Å²) < 4.78 is 5.30. The number of hydrogen-bond acceptors (Lipinski definition) is 6. The van der Waals surface area contributed by atoms with Gasteiger partial charge in [-0.3, -0.25) is 20.5 Å². The molecule has 0 saturated heterocycles. The number of non-ortho nitro benzene ring substituents is 1. The summed E-state index contributed by atoms with van der Waals surface area (Å²) in [6.45, 7) is 0. The Hall–Kier alpha value is -3.48. The van der Waals surface area contributed by atoms with Crippen molar-refractivity contribution < 1.29 is 9.66 Å². The van der Waals surface area contributed by atoms with E-state index in [0.29, 0.717) is 11.3 Å². The van der Waals surface area contributed by atoms with Gasteiger partial charge < -0.3 is 4.74 Å². The molecule has 3 aromatic rings. The van der Waals surface area contributed by atoms with Gasteiger partial charge in [-0.2, -0.15) is 5.10 Å². The molecule has 0 unspecified atom stereocenters. The first-order chi connectivity index (χ1) is 11.7. The zero-order valence-electron chi connectivity index (χ0n) is 12.8. The van der Waals surface area contributed by atoms with Gasteiger partial charge in [0.1, 0.15) is 11.3 Å². The van der Waals surface area contributed by atoms with Gasteiger partial charge in [0, 0.05) is 29.3 Å². The van der Waals surface area contributed by atoms with E-state index in [4.69, 9.17) is 4.74 Å². The van der Waals surface area contributed by atoms with Crippen LogP contribution in [0.2, 0.25) is 0 Å². The highest BCUT2D eigenvalue weighted by atomic mass is 16.6. The SMILES string of the molecule is COc1cccc2c(N/N=C/c3cccc([N+](=O)[O-])c3)ccnc12. The molecule has 7 heteroatoms. The number of nitro groups is 1. The smallest absolute Gasteiger partial charge is 0.270 e. The van der Waals surface area contributed by atoms with Crippen LogP contribution in [-0.4, -0.2) is 23.2 Å². The lowest BCUT2D eigenvalue weighted by Gasteiger charge is -2.08. The van der Waals surface area contributed by atoms with Gasteiger partial charge in [-0.15, -0.1) is 0 Å². The van der Waals surface area contributed by atoms with Gasteiger partial charge in [-0.25, -0.2) is 0 Å². The monoisotopic (exact) mass is 322 g/mol. The zero-order valence-corrected chi connectivity index (χ0v) is 12.8. The Balaban J connectivity index is 1.86. The molecule has 0 aliphatic carbocycles. The van der Waals surface area contributed by atoms with Crippen LogP contribution in [-0.2, 0) is 0 Å². The lowest BCUT2D eigenvalue weighted by atomic mass is 10.2. The van der Waals surface area contributed by atoms with Gasteiger partial charge in [0.15, 0.2) is 0 Å². The van der Waals surface area contributed by atoms with Crippen LogP contribution in [0.5, 0.6) is 5.75 Å². The normalized spacial score (nSPS) is 10.9. The summed E-state index contributed by atoms with van der Waals surface area (Å²) in [6.07, 6.45) is 3.19. The van der Waals surface area contributed by atoms with E-state index >= 15 is 0 Å². The van der Waals surface area contributed by atoms with Gasteiger partial charge >= 0.3 is 0 Å². The maximum Gasteiger partial charge on any atom is 0.270 e. The van der Waals surface area contributed by atoms with Crippen LogP contribution in [0.15, 0.2) is 59.8 Å². The third-order valence-corrected chi connectivity index (χ3v) is 3.43. The van der Waals surface area contributed by atoms with E-state index in [1.165, 1.54) is 18.3 Å². The van der Waals surface area contributed by atoms with E-state index in [9.17, 15) is 10.1 Å². The molecular weight excluding hydrogens is 308 g/mol. The zero-order chi connectivity index (χ0) is 16.9. The first kappa shape index (κ1) is 15.4. The van der Waals surface area contributed by atoms with Crippen molar-refractivity contribution in [3.8, 4) is 5.75 Å². The molecule has 3 rings (SSSR count). The maximum absolute atomic E-state index is 10.8. The minimum atomic E-state index is -0.437. The standard InChI is InChI=1S/C17H14N4O3/c1-24-16-7-3-6-14-15(8-9-18-17(14)16)20-19-11-12-4-2-5-13(10-12)21(22)23/h2-11H,1H3,(H,18,20)/b19-11+. The van der Waals surface area contributed by atoms with Crippen molar-refractivity contribution in [2.75, 3.05) is 12.5 Å². The van der Waals surface area contributed by atoms with Crippen LogP contribution >= 0.6 is 0 Å². The number of nitro benzene ring substituents is 1. The number of pyridine rings is 1. The number of methoxy groups -OCH3 is 1. The third-order valence-electron chi connectivity index (χ3n) is 3.43. The lowest BCUT2D eigenvalue weighted by molar-refractivity contribution is -0.384. The van der Waals surface area contributed by atoms with Gasteiger partial charge in [0.05, 0.1) is 23.9 Å². The Labute approximate surface area is 137 Å². The maximum atomic E-state index is 10.8. The fourth-order valence-electron chi connectivity index (χ4n) is 2.31. The summed E-state index contributed by atoms with van der Waals surface area (Å²) in [4.78, 5) is 14.7. The molecule has 2 aromatic carbocycles. The van der Waals surface area contributed by atoms with Crippen LogP contribution in [0.1, 0.15) is 5.56 Å². The largest absolute Gasteiger partial charge is 0.494 e. The van der Waals surface area contributed by atoms with E-state index in [2.05, 4.69) is 15.5 Å². The van der Waals surface area contributed by atoms with Gasteiger partial charge in [0.2, 0.25) is 0 Å². The highest BCUT2D eigenvalue weighted by Gasteiger charge is 2.06. The van der Waals surface area contributed by atoms with Crippen molar-refractivity contribution in [1.82, 2.24) is 4.98 Å². The average molecular weight is 322 g/mol. The number of anilines is 1. The predicted octanol–water partition coefficient (Wildman–Crippen LogP) is 3.60. The summed E-state index contributed by atoms with van der Waals surface area (Å²) in [5.41, 5.74) is 5.09.